The molecule has 4 amide bonds. The van der Waals surface area contributed by atoms with Crippen LogP contribution in [-0.2, 0) is 19.1 Å². The van der Waals surface area contributed by atoms with Crippen LogP contribution >= 0.6 is 0 Å². The maximum Gasteiger partial charge on any atom is 0.407 e. The van der Waals surface area contributed by atoms with Crippen molar-refractivity contribution in [3.63, 3.8) is 0 Å². The molecule has 0 fully saturated rings. The minimum atomic E-state index is -0.554. The first-order valence-electron chi connectivity index (χ1n) is 8.09. The quantitative estimate of drug-likeness (QED) is 0.300. The van der Waals surface area contributed by atoms with E-state index in [0.717, 1.165) is 0 Å². The molecule has 0 atom stereocenters. The number of amides is 4. The van der Waals surface area contributed by atoms with Crippen LogP contribution in [0.2, 0.25) is 0 Å². The second-order valence-electron chi connectivity index (χ2n) is 6.15. The molecule has 0 aromatic rings. The lowest BCUT2D eigenvalue weighted by atomic mass is 10.1. The molecule has 10 nitrogen and oxygen atoms in total. The zero-order valence-corrected chi connectivity index (χ0v) is 15.3. The van der Waals surface area contributed by atoms with E-state index in [-0.39, 0.29) is 50.8 Å². The molecule has 0 radical (unpaired) electrons. The summed E-state index contributed by atoms with van der Waals surface area (Å²) in [5.41, 5.74) is -0.195. The number of carbonyl (C=O) groups is 4. The molecule has 0 unspecified atom stereocenters. The second-order valence-corrected chi connectivity index (χ2v) is 6.15. The number of rotatable bonds is 10. The van der Waals surface area contributed by atoms with Crippen LogP contribution in [0, 0.1) is 0 Å². The summed E-state index contributed by atoms with van der Waals surface area (Å²) in [6.07, 6.45) is -0.554. The summed E-state index contributed by atoms with van der Waals surface area (Å²) in [6, 6.07) is 0. The van der Waals surface area contributed by atoms with Gasteiger partial charge in [0.15, 0.2) is 0 Å². The lowest BCUT2D eigenvalue weighted by molar-refractivity contribution is -0.127. The Morgan fingerprint density at radius 1 is 0.760 bits per heavy atom. The monoisotopic (exact) mass is 359 g/mol. The van der Waals surface area contributed by atoms with E-state index < -0.39 is 17.9 Å². The minimum absolute atomic E-state index is 0.102. The molecule has 0 saturated carbocycles. The average molecular weight is 359 g/mol. The van der Waals surface area contributed by atoms with Crippen LogP contribution in [0.1, 0.15) is 27.7 Å². The summed E-state index contributed by atoms with van der Waals surface area (Å²) >= 11 is 0. The molecule has 0 spiro atoms. The van der Waals surface area contributed by atoms with E-state index in [1.807, 2.05) is 20.8 Å². The number of carbonyl (C=O) groups excluding carboxylic acids is 4. The molecule has 0 saturated heterocycles. The van der Waals surface area contributed by atoms with Crippen molar-refractivity contribution in [2.75, 3.05) is 39.3 Å². The third-order valence-corrected chi connectivity index (χ3v) is 2.66. The van der Waals surface area contributed by atoms with E-state index >= 15 is 0 Å². The van der Waals surface area contributed by atoms with Gasteiger partial charge in [-0.3, -0.25) is 14.4 Å². The molecule has 10 heteroatoms. The van der Waals surface area contributed by atoms with Gasteiger partial charge in [0.05, 0.1) is 26.2 Å². The molecular weight excluding hydrogens is 330 g/mol. The van der Waals surface area contributed by atoms with Crippen LogP contribution < -0.4 is 26.6 Å². The molecule has 0 aromatic heterocycles. The van der Waals surface area contributed by atoms with Gasteiger partial charge < -0.3 is 31.3 Å². The Balaban J connectivity index is 3.72. The SMILES string of the molecule is CCOC(=O)NCCNC(=O)CNC(=O)CNC(=O)CNC(C)(C)C. The molecule has 0 bridgehead atoms. The number of nitrogens with one attached hydrogen (secondary N) is 5. The van der Waals surface area contributed by atoms with Crippen LogP contribution in [0.3, 0.4) is 0 Å². The van der Waals surface area contributed by atoms with Crippen LogP contribution in [-0.4, -0.2) is 68.7 Å². The number of hydrogen-bond acceptors (Lipinski definition) is 6. The van der Waals surface area contributed by atoms with Gasteiger partial charge in [-0.05, 0) is 27.7 Å². The Labute approximate surface area is 147 Å². The van der Waals surface area contributed by atoms with Crippen LogP contribution in [0.5, 0.6) is 0 Å². The van der Waals surface area contributed by atoms with E-state index in [1.165, 1.54) is 0 Å². The van der Waals surface area contributed by atoms with Crippen molar-refractivity contribution in [1.29, 1.82) is 0 Å². The van der Waals surface area contributed by atoms with Gasteiger partial charge in [0, 0.05) is 18.6 Å². The van der Waals surface area contributed by atoms with Gasteiger partial charge in [-0.1, -0.05) is 0 Å². The highest BCUT2D eigenvalue weighted by molar-refractivity contribution is 5.88. The van der Waals surface area contributed by atoms with Crippen molar-refractivity contribution >= 4 is 23.8 Å². The predicted molar refractivity (Wildman–Crippen MR) is 91.8 cm³/mol. The highest BCUT2D eigenvalue weighted by Crippen LogP contribution is 1.96. The smallest absolute Gasteiger partial charge is 0.407 e. The normalized spacial score (nSPS) is 10.6. The van der Waals surface area contributed by atoms with Crippen molar-refractivity contribution in [2.24, 2.45) is 0 Å². The van der Waals surface area contributed by atoms with Gasteiger partial charge in [0.1, 0.15) is 0 Å². The number of hydrogen-bond donors (Lipinski definition) is 5. The lowest BCUT2D eigenvalue weighted by Gasteiger charge is -2.19. The maximum atomic E-state index is 11.5. The molecule has 0 rings (SSSR count). The van der Waals surface area contributed by atoms with Crippen molar-refractivity contribution in [2.45, 2.75) is 33.2 Å². The van der Waals surface area contributed by atoms with Crippen LogP contribution in [0.15, 0.2) is 0 Å². The molecule has 0 aliphatic heterocycles. The average Bonchev–Trinajstić information content (AvgIpc) is 2.52. The first kappa shape index (κ1) is 22.6. The number of ether oxygens (including phenoxy) is 1. The van der Waals surface area contributed by atoms with Gasteiger partial charge in [-0.25, -0.2) is 4.79 Å². The summed E-state index contributed by atoms with van der Waals surface area (Å²) in [4.78, 5) is 45.6. The Hall–Kier alpha value is -2.36. The highest BCUT2D eigenvalue weighted by Gasteiger charge is 2.12. The van der Waals surface area contributed by atoms with E-state index in [1.54, 1.807) is 6.92 Å². The van der Waals surface area contributed by atoms with Gasteiger partial charge in [0.2, 0.25) is 17.7 Å². The molecule has 144 valence electrons. The molecule has 5 N–H and O–H groups in total. The summed E-state index contributed by atoms with van der Waals surface area (Å²) in [5, 5.41) is 12.8. The highest BCUT2D eigenvalue weighted by atomic mass is 16.5. The van der Waals surface area contributed by atoms with Crippen LogP contribution in [0.25, 0.3) is 0 Å². The van der Waals surface area contributed by atoms with Gasteiger partial charge in [0.25, 0.3) is 0 Å². The van der Waals surface area contributed by atoms with Gasteiger partial charge in [-0.2, -0.15) is 0 Å². The summed E-state index contributed by atoms with van der Waals surface area (Å²) < 4.78 is 4.65. The van der Waals surface area contributed by atoms with Crippen LogP contribution in [0.4, 0.5) is 4.79 Å². The fourth-order valence-corrected chi connectivity index (χ4v) is 1.44. The first-order chi connectivity index (χ1) is 11.6. The fourth-order valence-electron chi connectivity index (χ4n) is 1.44. The molecule has 0 heterocycles. The predicted octanol–water partition coefficient (Wildman–Crippen LogP) is -1.53. The molecule has 25 heavy (non-hydrogen) atoms. The van der Waals surface area contributed by atoms with Crippen molar-refractivity contribution < 1.29 is 23.9 Å². The third-order valence-electron chi connectivity index (χ3n) is 2.66. The summed E-state index contributed by atoms with van der Waals surface area (Å²) in [5.74, 6) is -1.18. The summed E-state index contributed by atoms with van der Waals surface area (Å²) in [7, 11) is 0. The van der Waals surface area contributed by atoms with Crippen molar-refractivity contribution in [1.82, 2.24) is 26.6 Å². The van der Waals surface area contributed by atoms with E-state index in [9.17, 15) is 19.2 Å². The van der Waals surface area contributed by atoms with Gasteiger partial charge in [-0.15, -0.1) is 0 Å². The van der Waals surface area contributed by atoms with E-state index in [4.69, 9.17) is 0 Å². The number of alkyl carbamates (subject to hydrolysis) is 1. The molecular formula is C15H29N5O5. The third kappa shape index (κ3) is 14.9. The van der Waals surface area contributed by atoms with Crippen molar-refractivity contribution in [3.8, 4) is 0 Å². The standard InChI is InChI=1S/C15H29N5O5/c1-5-25-14(24)17-7-6-16-11(21)8-18-12(22)9-19-13(23)10-20-15(2,3)4/h20H,5-10H2,1-4H3,(H,16,21)(H,17,24)(H,18,22)(H,19,23). The molecule has 0 aliphatic carbocycles. The Morgan fingerprint density at radius 3 is 1.76 bits per heavy atom. The molecule has 0 aliphatic rings. The van der Waals surface area contributed by atoms with Gasteiger partial charge >= 0.3 is 6.09 Å². The maximum absolute atomic E-state index is 11.5. The Kier molecular flexibility index (Phi) is 10.9. The van der Waals surface area contributed by atoms with E-state index in [0.29, 0.717) is 0 Å². The fraction of sp³-hybridized carbons (Fsp3) is 0.733. The zero-order chi connectivity index (χ0) is 19.3. The van der Waals surface area contributed by atoms with E-state index in [2.05, 4.69) is 31.3 Å². The Morgan fingerprint density at radius 2 is 1.24 bits per heavy atom. The second kappa shape index (κ2) is 12.1. The minimum Gasteiger partial charge on any atom is -0.450 e. The molecule has 0 aromatic carbocycles. The zero-order valence-electron chi connectivity index (χ0n) is 15.3. The largest absolute Gasteiger partial charge is 0.450 e. The topological polar surface area (TPSA) is 138 Å². The Bertz CT molecular complexity index is 462. The summed E-state index contributed by atoms with van der Waals surface area (Å²) in [6.45, 7) is 7.84. The first-order valence-corrected chi connectivity index (χ1v) is 8.09. The van der Waals surface area contributed by atoms with Crippen molar-refractivity contribution in [3.05, 3.63) is 0 Å². The lowest BCUT2D eigenvalue weighted by Crippen LogP contribution is -2.46.